The van der Waals surface area contributed by atoms with Gasteiger partial charge in [0, 0.05) is 22.5 Å². The van der Waals surface area contributed by atoms with E-state index in [9.17, 15) is 4.79 Å². The molecule has 0 aliphatic rings. The van der Waals surface area contributed by atoms with Gasteiger partial charge < -0.3 is 4.74 Å². The number of fused-ring (bicyclic) bond motifs is 1. The summed E-state index contributed by atoms with van der Waals surface area (Å²) < 4.78 is 5.21. The first kappa shape index (κ1) is 11.3. The molecule has 0 N–H and O–H groups in total. The molecule has 3 nitrogen and oxygen atoms in total. The van der Waals surface area contributed by atoms with E-state index >= 15 is 0 Å². The molecule has 0 fully saturated rings. The van der Waals surface area contributed by atoms with Crippen LogP contribution in [0.1, 0.15) is 15.9 Å². The van der Waals surface area contributed by atoms with E-state index in [1.807, 2.05) is 24.3 Å². The fourth-order valence-corrected chi connectivity index (χ4v) is 1.96. The minimum atomic E-state index is 0.538. The number of aromatic nitrogens is 1. The van der Waals surface area contributed by atoms with E-state index in [1.54, 1.807) is 13.3 Å². The van der Waals surface area contributed by atoms with Crippen LogP contribution in [0.25, 0.3) is 10.8 Å². The number of allylic oxidation sites excluding steroid dienone is 1. The maximum absolute atomic E-state index is 11.1. The summed E-state index contributed by atoms with van der Waals surface area (Å²) in [4.78, 5) is 15.2. The number of hydrogen-bond donors (Lipinski definition) is 0. The van der Waals surface area contributed by atoms with Crippen molar-refractivity contribution in [2.75, 3.05) is 7.11 Å². The van der Waals surface area contributed by atoms with Gasteiger partial charge in [0.25, 0.3) is 0 Å². The van der Waals surface area contributed by atoms with Crippen LogP contribution in [0.4, 0.5) is 0 Å². The molecular formula is C14H13NO2. The van der Waals surface area contributed by atoms with Crippen molar-refractivity contribution in [3.05, 3.63) is 48.2 Å². The van der Waals surface area contributed by atoms with Crippen LogP contribution in [0.2, 0.25) is 0 Å². The largest absolute Gasteiger partial charge is 0.481 e. The summed E-state index contributed by atoms with van der Waals surface area (Å²) >= 11 is 0. The third-order valence-corrected chi connectivity index (χ3v) is 2.68. The SMILES string of the molecule is C=CCc1cccc2c(OC)ncc(C=O)c12. The molecule has 0 amide bonds. The van der Waals surface area contributed by atoms with Crippen molar-refractivity contribution in [3.8, 4) is 5.88 Å². The van der Waals surface area contributed by atoms with E-state index in [1.165, 1.54) is 0 Å². The van der Waals surface area contributed by atoms with E-state index in [2.05, 4.69) is 11.6 Å². The van der Waals surface area contributed by atoms with Gasteiger partial charge >= 0.3 is 0 Å². The summed E-state index contributed by atoms with van der Waals surface area (Å²) in [5.74, 6) is 0.538. The van der Waals surface area contributed by atoms with Crippen LogP contribution in [0, 0.1) is 0 Å². The fraction of sp³-hybridized carbons (Fsp3) is 0.143. The first-order valence-corrected chi connectivity index (χ1v) is 5.32. The van der Waals surface area contributed by atoms with Crippen LogP contribution in [0.15, 0.2) is 37.1 Å². The van der Waals surface area contributed by atoms with Crippen molar-refractivity contribution in [1.82, 2.24) is 4.98 Å². The number of aldehydes is 1. The number of methoxy groups -OCH3 is 1. The molecule has 0 radical (unpaired) electrons. The molecule has 0 saturated heterocycles. The molecule has 1 aromatic carbocycles. The molecule has 86 valence electrons. The number of nitrogens with zero attached hydrogens (tertiary/aromatic N) is 1. The number of rotatable bonds is 4. The second-order valence-electron chi connectivity index (χ2n) is 3.67. The van der Waals surface area contributed by atoms with Crippen molar-refractivity contribution in [2.45, 2.75) is 6.42 Å². The van der Waals surface area contributed by atoms with Gasteiger partial charge in [-0.05, 0) is 18.1 Å². The Bertz CT molecular complexity index is 576. The third-order valence-electron chi connectivity index (χ3n) is 2.68. The number of carbonyl (C=O) groups excluding carboxylic acids is 1. The van der Waals surface area contributed by atoms with Gasteiger partial charge in [-0.25, -0.2) is 4.98 Å². The maximum Gasteiger partial charge on any atom is 0.221 e. The van der Waals surface area contributed by atoms with E-state index < -0.39 is 0 Å². The van der Waals surface area contributed by atoms with Gasteiger partial charge in [0.15, 0.2) is 6.29 Å². The van der Waals surface area contributed by atoms with Gasteiger partial charge in [0.1, 0.15) is 0 Å². The Morgan fingerprint density at radius 2 is 2.29 bits per heavy atom. The van der Waals surface area contributed by atoms with Gasteiger partial charge in [-0.1, -0.05) is 18.2 Å². The molecule has 0 atom stereocenters. The zero-order valence-electron chi connectivity index (χ0n) is 9.64. The number of carbonyl (C=O) groups is 1. The van der Waals surface area contributed by atoms with Gasteiger partial charge in [-0.3, -0.25) is 4.79 Å². The van der Waals surface area contributed by atoms with Gasteiger partial charge in [-0.15, -0.1) is 6.58 Å². The highest BCUT2D eigenvalue weighted by molar-refractivity contribution is 6.01. The van der Waals surface area contributed by atoms with Crippen LogP contribution >= 0.6 is 0 Å². The van der Waals surface area contributed by atoms with E-state index in [0.717, 1.165) is 22.6 Å². The number of ether oxygens (including phenoxy) is 1. The molecule has 0 unspecified atom stereocenters. The molecule has 0 spiro atoms. The molecule has 2 aromatic rings. The van der Waals surface area contributed by atoms with Gasteiger partial charge in [-0.2, -0.15) is 0 Å². The predicted molar refractivity (Wildman–Crippen MR) is 67.6 cm³/mol. The zero-order chi connectivity index (χ0) is 12.3. The zero-order valence-corrected chi connectivity index (χ0v) is 9.64. The first-order chi connectivity index (χ1) is 8.31. The molecule has 0 aliphatic carbocycles. The predicted octanol–water partition coefficient (Wildman–Crippen LogP) is 2.78. The van der Waals surface area contributed by atoms with Gasteiger partial charge in [0.05, 0.1) is 7.11 Å². The molecule has 17 heavy (non-hydrogen) atoms. The van der Waals surface area contributed by atoms with Crippen molar-refractivity contribution >= 4 is 17.1 Å². The quantitative estimate of drug-likeness (QED) is 0.595. The molecule has 2 rings (SSSR count). The lowest BCUT2D eigenvalue weighted by molar-refractivity contribution is 0.112. The van der Waals surface area contributed by atoms with E-state index in [4.69, 9.17) is 4.74 Å². The fourth-order valence-electron chi connectivity index (χ4n) is 1.96. The molecule has 1 heterocycles. The minimum absolute atomic E-state index is 0.538. The Labute approximate surface area is 99.7 Å². The minimum Gasteiger partial charge on any atom is -0.481 e. The highest BCUT2D eigenvalue weighted by atomic mass is 16.5. The van der Waals surface area contributed by atoms with Crippen LogP contribution in [-0.2, 0) is 6.42 Å². The highest BCUT2D eigenvalue weighted by Gasteiger charge is 2.10. The highest BCUT2D eigenvalue weighted by Crippen LogP contribution is 2.28. The lowest BCUT2D eigenvalue weighted by Gasteiger charge is -2.09. The van der Waals surface area contributed by atoms with Crippen LogP contribution < -0.4 is 4.74 Å². The third kappa shape index (κ3) is 1.91. The summed E-state index contributed by atoms with van der Waals surface area (Å²) in [7, 11) is 1.57. The Kier molecular flexibility index (Phi) is 3.19. The van der Waals surface area contributed by atoms with Crippen molar-refractivity contribution in [3.63, 3.8) is 0 Å². The first-order valence-electron chi connectivity index (χ1n) is 5.32. The maximum atomic E-state index is 11.1. The van der Waals surface area contributed by atoms with Crippen LogP contribution in [0.3, 0.4) is 0 Å². The van der Waals surface area contributed by atoms with Crippen molar-refractivity contribution in [2.24, 2.45) is 0 Å². The summed E-state index contributed by atoms with van der Waals surface area (Å²) in [5, 5.41) is 1.76. The van der Waals surface area contributed by atoms with Crippen LogP contribution in [-0.4, -0.2) is 18.4 Å². The Morgan fingerprint density at radius 3 is 2.94 bits per heavy atom. The molecule has 0 bridgehead atoms. The smallest absolute Gasteiger partial charge is 0.221 e. The second-order valence-corrected chi connectivity index (χ2v) is 3.67. The summed E-state index contributed by atoms with van der Waals surface area (Å²) in [6.07, 6.45) is 4.89. The van der Waals surface area contributed by atoms with Gasteiger partial charge in [0.2, 0.25) is 5.88 Å². The molecule has 3 heteroatoms. The van der Waals surface area contributed by atoms with E-state index in [-0.39, 0.29) is 0 Å². The van der Waals surface area contributed by atoms with Crippen LogP contribution in [0.5, 0.6) is 5.88 Å². The number of hydrogen-bond acceptors (Lipinski definition) is 3. The molecule has 0 aliphatic heterocycles. The normalized spacial score (nSPS) is 10.2. The second kappa shape index (κ2) is 4.78. The number of pyridine rings is 1. The van der Waals surface area contributed by atoms with Crippen molar-refractivity contribution < 1.29 is 9.53 Å². The summed E-state index contributed by atoms with van der Waals surface area (Å²) in [6.45, 7) is 3.73. The molecular weight excluding hydrogens is 214 g/mol. The van der Waals surface area contributed by atoms with Crippen molar-refractivity contribution in [1.29, 1.82) is 0 Å². The van der Waals surface area contributed by atoms with E-state index in [0.29, 0.717) is 17.9 Å². The average Bonchev–Trinajstić information content (AvgIpc) is 2.38. The monoisotopic (exact) mass is 227 g/mol. The summed E-state index contributed by atoms with van der Waals surface area (Å²) in [5.41, 5.74) is 1.64. The average molecular weight is 227 g/mol. The Balaban J connectivity index is 2.84. The number of benzene rings is 1. The Morgan fingerprint density at radius 1 is 1.47 bits per heavy atom. The topological polar surface area (TPSA) is 39.2 Å². The Hall–Kier alpha value is -2.16. The lowest BCUT2D eigenvalue weighted by atomic mass is 10.00. The standard InChI is InChI=1S/C14H13NO2/c1-3-5-10-6-4-7-12-13(10)11(9-16)8-15-14(12)17-2/h3-4,6-9H,1,5H2,2H3. The lowest BCUT2D eigenvalue weighted by Crippen LogP contribution is -1.96. The molecule has 0 saturated carbocycles. The molecule has 1 aromatic heterocycles. The summed E-state index contributed by atoms with van der Waals surface area (Å²) in [6, 6.07) is 5.82.